The SMILES string of the molecule is CC(C)c1ccc(-c2csc(NC(=O)c3ccnn3C)n2)cc1. The van der Waals surface area contributed by atoms with Crippen molar-refractivity contribution in [3.05, 3.63) is 53.2 Å². The van der Waals surface area contributed by atoms with Crippen LogP contribution >= 0.6 is 11.3 Å². The van der Waals surface area contributed by atoms with Crippen LogP contribution in [0.2, 0.25) is 0 Å². The van der Waals surface area contributed by atoms with Crippen molar-refractivity contribution in [1.82, 2.24) is 14.8 Å². The maximum atomic E-state index is 12.2. The van der Waals surface area contributed by atoms with Crippen molar-refractivity contribution in [3.63, 3.8) is 0 Å². The third-order valence-electron chi connectivity index (χ3n) is 3.65. The zero-order valence-corrected chi connectivity index (χ0v) is 14.1. The van der Waals surface area contributed by atoms with E-state index in [0.29, 0.717) is 16.7 Å². The normalized spacial score (nSPS) is 11.0. The second kappa shape index (κ2) is 6.34. The molecule has 6 heteroatoms. The van der Waals surface area contributed by atoms with Crippen LogP contribution in [0.15, 0.2) is 41.9 Å². The van der Waals surface area contributed by atoms with Crippen LogP contribution in [0.5, 0.6) is 0 Å². The van der Waals surface area contributed by atoms with E-state index in [1.54, 1.807) is 19.3 Å². The number of nitrogens with zero attached hydrogens (tertiary/aromatic N) is 3. The Morgan fingerprint density at radius 2 is 1.96 bits per heavy atom. The summed E-state index contributed by atoms with van der Waals surface area (Å²) >= 11 is 1.41. The molecule has 0 aliphatic heterocycles. The van der Waals surface area contributed by atoms with E-state index in [1.807, 2.05) is 5.38 Å². The quantitative estimate of drug-likeness (QED) is 0.790. The lowest BCUT2D eigenvalue weighted by Crippen LogP contribution is -2.15. The van der Waals surface area contributed by atoms with Gasteiger partial charge in [0.2, 0.25) is 0 Å². The van der Waals surface area contributed by atoms with Gasteiger partial charge in [-0.15, -0.1) is 11.3 Å². The van der Waals surface area contributed by atoms with Crippen LogP contribution in [-0.2, 0) is 7.05 Å². The minimum Gasteiger partial charge on any atom is -0.296 e. The van der Waals surface area contributed by atoms with Crippen LogP contribution in [0, 0.1) is 0 Å². The van der Waals surface area contributed by atoms with E-state index in [-0.39, 0.29) is 5.91 Å². The molecule has 0 atom stereocenters. The molecule has 0 spiro atoms. The van der Waals surface area contributed by atoms with Crippen LogP contribution in [0.1, 0.15) is 35.8 Å². The Balaban J connectivity index is 1.75. The van der Waals surface area contributed by atoms with Gasteiger partial charge in [0.1, 0.15) is 5.69 Å². The van der Waals surface area contributed by atoms with E-state index in [2.05, 4.69) is 53.5 Å². The minimum absolute atomic E-state index is 0.207. The summed E-state index contributed by atoms with van der Waals surface area (Å²) in [6.45, 7) is 4.34. The Kier molecular flexibility index (Phi) is 4.25. The average Bonchev–Trinajstić information content (AvgIpc) is 3.16. The molecule has 0 aliphatic carbocycles. The first-order valence-electron chi connectivity index (χ1n) is 7.40. The van der Waals surface area contributed by atoms with E-state index in [0.717, 1.165) is 11.3 Å². The number of carbonyl (C=O) groups is 1. The standard InChI is InChI=1S/C17H18N4OS/c1-11(2)12-4-6-13(7-5-12)14-10-23-17(19-14)20-16(22)15-8-9-18-21(15)3/h4-11H,1-3H3,(H,19,20,22). The number of aryl methyl sites for hydroxylation is 1. The topological polar surface area (TPSA) is 59.8 Å². The maximum Gasteiger partial charge on any atom is 0.275 e. The molecule has 2 heterocycles. The predicted octanol–water partition coefficient (Wildman–Crippen LogP) is 3.92. The Morgan fingerprint density at radius 3 is 2.57 bits per heavy atom. The minimum atomic E-state index is -0.207. The Morgan fingerprint density at radius 1 is 1.22 bits per heavy atom. The largest absolute Gasteiger partial charge is 0.296 e. The number of aromatic nitrogens is 3. The number of anilines is 1. The smallest absolute Gasteiger partial charge is 0.275 e. The van der Waals surface area contributed by atoms with Gasteiger partial charge in [-0.2, -0.15) is 5.10 Å². The number of hydrogen-bond acceptors (Lipinski definition) is 4. The lowest BCUT2D eigenvalue weighted by atomic mass is 10.0. The number of amides is 1. The van der Waals surface area contributed by atoms with E-state index in [9.17, 15) is 4.79 Å². The molecule has 1 amide bonds. The third kappa shape index (κ3) is 3.32. The second-order valence-electron chi connectivity index (χ2n) is 5.61. The molecule has 1 N–H and O–H groups in total. The van der Waals surface area contributed by atoms with Crippen molar-refractivity contribution >= 4 is 22.4 Å². The van der Waals surface area contributed by atoms with Crippen molar-refractivity contribution in [1.29, 1.82) is 0 Å². The van der Waals surface area contributed by atoms with E-state index >= 15 is 0 Å². The lowest BCUT2D eigenvalue weighted by molar-refractivity contribution is 0.101. The van der Waals surface area contributed by atoms with Crippen molar-refractivity contribution in [2.75, 3.05) is 5.32 Å². The average molecular weight is 326 g/mol. The Hall–Kier alpha value is -2.47. The second-order valence-corrected chi connectivity index (χ2v) is 6.47. The highest BCUT2D eigenvalue weighted by Crippen LogP contribution is 2.26. The van der Waals surface area contributed by atoms with E-state index < -0.39 is 0 Å². The van der Waals surface area contributed by atoms with Gasteiger partial charge in [-0.25, -0.2) is 4.98 Å². The first kappa shape index (κ1) is 15.4. The Bertz CT molecular complexity index is 817. The number of thiazole rings is 1. The van der Waals surface area contributed by atoms with Gasteiger partial charge in [-0.3, -0.25) is 14.8 Å². The summed E-state index contributed by atoms with van der Waals surface area (Å²) in [7, 11) is 1.73. The van der Waals surface area contributed by atoms with Gasteiger partial charge < -0.3 is 0 Å². The maximum absolute atomic E-state index is 12.2. The molecular weight excluding hydrogens is 308 g/mol. The number of benzene rings is 1. The van der Waals surface area contributed by atoms with Gasteiger partial charge in [0, 0.05) is 24.2 Å². The summed E-state index contributed by atoms with van der Waals surface area (Å²) in [5.41, 5.74) is 3.72. The number of carbonyl (C=O) groups excluding carboxylic acids is 1. The highest BCUT2D eigenvalue weighted by Gasteiger charge is 2.13. The van der Waals surface area contributed by atoms with Crippen molar-refractivity contribution in [2.24, 2.45) is 7.05 Å². The van der Waals surface area contributed by atoms with Crippen LogP contribution in [0.3, 0.4) is 0 Å². The zero-order valence-electron chi connectivity index (χ0n) is 13.3. The number of rotatable bonds is 4. The molecule has 118 valence electrons. The van der Waals surface area contributed by atoms with Crippen molar-refractivity contribution < 1.29 is 4.79 Å². The predicted molar refractivity (Wildman–Crippen MR) is 92.8 cm³/mol. The summed E-state index contributed by atoms with van der Waals surface area (Å²) in [6.07, 6.45) is 1.60. The molecule has 0 fully saturated rings. The highest BCUT2D eigenvalue weighted by atomic mass is 32.1. The van der Waals surface area contributed by atoms with Gasteiger partial charge in [0.05, 0.1) is 5.69 Å². The van der Waals surface area contributed by atoms with Crippen LogP contribution in [0.25, 0.3) is 11.3 Å². The van der Waals surface area contributed by atoms with Gasteiger partial charge in [-0.05, 0) is 17.5 Å². The summed E-state index contributed by atoms with van der Waals surface area (Å²) in [5.74, 6) is 0.300. The fraction of sp³-hybridized carbons (Fsp3) is 0.235. The molecule has 1 aromatic carbocycles. The molecule has 2 aromatic heterocycles. The first-order chi connectivity index (χ1) is 11.0. The molecule has 0 aliphatic rings. The molecule has 0 bridgehead atoms. The fourth-order valence-corrected chi connectivity index (χ4v) is 2.98. The highest BCUT2D eigenvalue weighted by molar-refractivity contribution is 7.14. The molecular formula is C17H18N4OS. The summed E-state index contributed by atoms with van der Waals surface area (Å²) in [4.78, 5) is 16.6. The van der Waals surface area contributed by atoms with Crippen LogP contribution in [-0.4, -0.2) is 20.7 Å². The van der Waals surface area contributed by atoms with Crippen molar-refractivity contribution in [3.8, 4) is 11.3 Å². The monoisotopic (exact) mass is 326 g/mol. The van der Waals surface area contributed by atoms with Gasteiger partial charge >= 0.3 is 0 Å². The number of hydrogen-bond donors (Lipinski definition) is 1. The molecule has 23 heavy (non-hydrogen) atoms. The van der Waals surface area contributed by atoms with Gasteiger partial charge in [0.15, 0.2) is 5.13 Å². The summed E-state index contributed by atoms with van der Waals surface area (Å²) in [6, 6.07) is 10.0. The van der Waals surface area contributed by atoms with E-state index in [4.69, 9.17) is 0 Å². The number of nitrogens with one attached hydrogen (secondary N) is 1. The zero-order chi connectivity index (χ0) is 16.4. The molecule has 0 radical (unpaired) electrons. The molecule has 5 nitrogen and oxygen atoms in total. The molecule has 3 aromatic rings. The van der Waals surface area contributed by atoms with Gasteiger partial charge in [-0.1, -0.05) is 38.1 Å². The molecule has 0 saturated heterocycles. The molecule has 3 rings (SSSR count). The van der Waals surface area contributed by atoms with Crippen LogP contribution < -0.4 is 5.32 Å². The molecule has 0 unspecified atom stereocenters. The van der Waals surface area contributed by atoms with Gasteiger partial charge in [0.25, 0.3) is 5.91 Å². The molecule has 0 saturated carbocycles. The fourth-order valence-electron chi connectivity index (χ4n) is 2.26. The Labute approximate surface area is 139 Å². The van der Waals surface area contributed by atoms with Crippen molar-refractivity contribution in [2.45, 2.75) is 19.8 Å². The summed E-state index contributed by atoms with van der Waals surface area (Å²) in [5, 5.41) is 9.34. The first-order valence-corrected chi connectivity index (χ1v) is 8.28. The summed E-state index contributed by atoms with van der Waals surface area (Å²) < 4.78 is 1.54. The lowest BCUT2D eigenvalue weighted by Gasteiger charge is -2.05. The van der Waals surface area contributed by atoms with Crippen LogP contribution in [0.4, 0.5) is 5.13 Å². The van der Waals surface area contributed by atoms with E-state index in [1.165, 1.54) is 21.6 Å². The third-order valence-corrected chi connectivity index (χ3v) is 4.41.